The Morgan fingerprint density at radius 3 is 2.67 bits per heavy atom. The molecule has 1 aromatic heterocycles. The maximum absolute atomic E-state index is 12.3. The van der Waals surface area contributed by atoms with E-state index in [-0.39, 0.29) is 23.2 Å². The molecule has 140 valence electrons. The van der Waals surface area contributed by atoms with Crippen LogP contribution in [0, 0.1) is 0 Å². The minimum atomic E-state index is -4.77. The molecular formula is C18H13F3N2O4. The van der Waals surface area contributed by atoms with Gasteiger partial charge in [0.2, 0.25) is 5.43 Å². The van der Waals surface area contributed by atoms with Crippen molar-refractivity contribution in [3.63, 3.8) is 0 Å². The number of aromatic amines is 1. The van der Waals surface area contributed by atoms with E-state index in [0.29, 0.717) is 16.8 Å². The van der Waals surface area contributed by atoms with Crippen molar-refractivity contribution < 1.29 is 27.8 Å². The number of carbonyl (C=O) groups is 1. The van der Waals surface area contributed by atoms with Gasteiger partial charge in [-0.25, -0.2) is 4.79 Å². The fraction of sp³-hybridized carbons (Fsp3) is 0.111. The molecule has 0 unspecified atom stereocenters. The Morgan fingerprint density at radius 2 is 1.96 bits per heavy atom. The number of hydrogen-bond donors (Lipinski definition) is 3. The number of halogens is 3. The molecule has 0 saturated heterocycles. The molecule has 3 rings (SSSR count). The summed E-state index contributed by atoms with van der Waals surface area (Å²) in [6.45, 7) is 0.178. The zero-order chi connectivity index (χ0) is 19.6. The number of aromatic nitrogens is 1. The number of ether oxygens (including phenoxy) is 1. The van der Waals surface area contributed by atoms with Gasteiger partial charge in [-0.1, -0.05) is 12.1 Å². The molecule has 0 atom stereocenters. The zero-order valence-electron chi connectivity index (χ0n) is 13.6. The number of fused-ring (bicyclic) bond motifs is 1. The molecule has 2 aromatic carbocycles. The average Bonchev–Trinajstić information content (AvgIpc) is 2.59. The van der Waals surface area contributed by atoms with Crippen LogP contribution in [0.15, 0.2) is 53.5 Å². The fourth-order valence-electron chi connectivity index (χ4n) is 2.54. The largest absolute Gasteiger partial charge is 0.573 e. The summed E-state index contributed by atoms with van der Waals surface area (Å²) in [5, 5.41) is 12.2. The quantitative estimate of drug-likeness (QED) is 0.629. The molecule has 0 fully saturated rings. The third-order valence-electron chi connectivity index (χ3n) is 3.74. The monoisotopic (exact) mass is 378 g/mol. The number of H-pyrrole nitrogens is 1. The van der Waals surface area contributed by atoms with Crippen LogP contribution in [-0.4, -0.2) is 22.4 Å². The highest BCUT2D eigenvalue weighted by Gasteiger charge is 2.31. The summed E-state index contributed by atoms with van der Waals surface area (Å²) in [6.07, 6.45) is -3.64. The van der Waals surface area contributed by atoms with E-state index in [2.05, 4.69) is 15.0 Å². The van der Waals surface area contributed by atoms with Crippen LogP contribution in [0.5, 0.6) is 5.75 Å². The van der Waals surface area contributed by atoms with E-state index in [1.165, 1.54) is 24.3 Å². The molecule has 0 aliphatic heterocycles. The normalized spacial score (nSPS) is 11.4. The molecule has 0 bridgehead atoms. The third-order valence-corrected chi connectivity index (χ3v) is 3.74. The summed E-state index contributed by atoms with van der Waals surface area (Å²) in [4.78, 5) is 26.0. The van der Waals surface area contributed by atoms with Gasteiger partial charge in [-0.2, -0.15) is 0 Å². The lowest BCUT2D eigenvalue weighted by Crippen LogP contribution is -2.17. The number of aromatic carboxylic acids is 1. The minimum Gasteiger partial charge on any atom is -0.477 e. The number of rotatable bonds is 5. The van der Waals surface area contributed by atoms with Crippen molar-refractivity contribution in [2.45, 2.75) is 12.9 Å². The average molecular weight is 378 g/mol. The number of carboxylic acids is 1. The molecule has 27 heavy (non-hydrogen) atoms. The molecular weight excluding hydrogens is 365 g/mol. The van der Waals surface area contributed by atoms with Gasteiger partial charge >= 0.3 is 12.3 Å². The van der Waals surface area contributed by atoms with E-state index in [4.69, 9.17) is 5.11 Å². The number of nitrogens with one attached hydrogen (secondary N) is 2. The molecule has 3 N–H and O–H groups in total. The molecule has 6 nitrogen and oxygen atoms in total. The summed E-state index contributed by atoms with van der Waals surface area (Å²) in [5.74, 6) is -1.67. The first-order chi connectivity index (χ1) is 12.7. The Morgan fingerprint density at radius 1 is 1.19 bits per heavy atom. The van der Waals surface area contributed by atoms with Gasteiger partial charge in [0.1, 0.15) is 11.3 Å². The van der Waals surface area contributed by atoms with E-state index in [1.54, 1.807) is 18.2 Å². The second kappa shape index (κ2) is 7.02. The first-order valence-corrected chi connectivity index (χ1v) is 7.70. The molecule has 0 spiro atoms. The van der Waals surface area contributed by atoms with Gasteiger partial charge in [0.15, 0.2) is 0 Å². The van der Waals surface area contributed by atoms with Crippen LogP contribution >= 0.6 is 0 Å². The van der Waals surface area contributed by atoms with Gasteiger partial charge in [0, 0.05) is 29.3 Å². The number of alkyl halides is 3. The molecule has 0 aliphatic rings. The van der Waals surface area contributed by atoms with Gasteiger partial charge in [0.05, 0.1) is 0 Å². The SMILES string of the molecule is O=C(O)c1c[nH]c2ccc(NCc3cccc(OC(F)(F)F)c3)cc2c1=O. The predicted octanol–water partition coefficient (Wildman–Crippen LogP) is 3.74. The minimum absolute atomic E-state index is 0.178. The highest BCUT2D eigenvalue weighted by molar-refractivity contribution is 5.93. The van der Waals surface area contributed by atoms with Crippen molar-refractivity contribution in [1.29, 1.82) is 0 Å². The van der Waals surface area contributed by atoms with Crippen LogP contribution in [0.3, 0.4) is 0 Å². The van der Waals surface area contributed by atoms with E-state index in [1.807, 2.05) is 0 Å². The number of pyridine rings is 1. The lowest BCUT2D eigenvalue weighted by Gasteiger charge is -2.11. The molecule has 0 amide bonds. The van der Waals surface area contributed by atoms with Crippen molar-refractivity contribution >= 4 is 22.6 Å². The maximum atomic E-state index is 12.3. The summed E-state index contributed by atoms with van der Waals surface area (Å²) >= 11 is 0. The van der Waals surface area contributed by atoms with E-state index in [9.17, 15) is 22.8 Å². The number of anilines is 1. The summed E-state index contributed by atoms with van der Waals surface area (Å²) in [6, 6.07) is 10.2. The summed E-state index contributed by atoms with van der Waals surface area (Å²) < 4.78 is 40.7. The first kappa shape index (κ1) is 18.3. The van der Waals surface area contributed by atoms with Crippen LogP contribution in [0.25, 0.3) is 10.9 Å². The van der Waals surface area contributed by atoms with E-state index >= 15 is 0 Å². The standard InChI is InChI=1S/C18H13F3N2O4/c19-18(20,21)27-12-3-1-2-10(6-12)8-22-11-4-5-15-13(7-11)16(24)14(9-23-15)17(25)26/h1-7,9,22H,8H2,(H,23,24)(H,25,26). The lowest BCUT2D eigenvalue weighted by molar-refractivity contribution is -0.274. The third kappa shape index (κ3) is 4.38. The second-order valence-corrected chi connectivity index (χ2v) is 5.65. The van der Waals surface area contributed by atoms with Gasteiger partial charge < -0.3 is 20.1 Å². The van der Waals surface area contributed by atoms with Crippen molar-refractivity contribution in [3.8, 4) is 5.75 Å². The highest BCUT2D eigenvalue weighted by atomic mass is 19.4. The molecule has 0 radical (unpaired) electrons. The highest BCUT2D eigenvalue weighted by Crippen LogP contribution is 2.24. The Labute approximate surface area is 150 Å². The second-order valence-electron chi connectivity index (χ2n) is 5.65. The van der Waals surface area contributed by atoms with Crippen molar-refractivity contribution in [2.24, 2.45) is 0 Å². The number of hydrogen-bond acceptors (Lipinski definition) is 4. The van der Waals surface area contributed by atoms with Gasteiger partial charge in [-0.15, -0.1) is 13.2 Å². The Hall–Kier alpha value is -3.49. The molecule has 0 saturated carbocycles. The van der Waals surface area contributed by atoms with Crippen LogP contribution < -0.4 is 15.5 Å². The number of carboxylic acid groups (broad SMARTS) is 1. The predicted molar refractivity (Wildman–Crippen MR) is 92.0 cm³/mol. The van der Waals surface area contributed by atoms with Crippen molar-refractivity contribution in [3.05, 3.63) is 70.0 Å². The van der Waals surface area contributed by atoms with Crippen LogP contribution in [0.1, 0.15) is 15.9 Å². The van der Waals surface area contributed by atoms with Crippen LogP contribution in [-0.2, 0) is 6.54 Å². The Kier molecular flexibility index (Phi) is 4.76. The van der Waals surface area contributed by atoms with Gasteiger partial charge in [-0.05, 0) is 35.9 Å². The Bertz CT molecular complexity index is 1060. The van der Waals surface area contributed by atoms with E-state index in [0.717, 1.165) is 6.20 Å². The zero-order valence-corrected chi connectivity index (χ0v) is 13.6. The maximum Gasteiger partial charge on any atom is 0.573 e. The van der Waals surface area contributed by atoms with E-state index < -0.39 is 17.8 Å². The number of benzene rings is 2. The molecule has 3 aromatic rings. The van der Waals surface area contributed by atoms with Crippen LogP contribution in [0.4, 0.5) is 18.9 Å². The van der Waals surface area contributed by atoms with Crippen molar-refractivity contribution in [2.75, 3.05) is 5.32 Å². The Balaban J connectivity index is 1.81. The molecule has 9 heteroatoms. The molecule has 1 heterocycles. The van der Waals surface area contributed by atoms with Crippen molar-refractivity contribution in [1.82, 2.24) is 4.98 Å². The smallest absolute Gasteiger partial charge is 0.477 e. The molecule has 0 aliphatic carbocycles. The van der Waals surface area contributed by atoms with Crippen LogP contribution in [0.2, 0.25) is 0 Å². The summed E-state index contributed by atoms with van der Waals surface area (Å²) in [7, 11) is 0. The topological polar surface area (TPSA) is 91.4 Å². The summed E-state index contributed by atoms with van der Waals surface area (Å²) in [5.41, 5.74) is 0.510. The van der Waals surface area contributed by atoms with Gasteiger partial charge in [-0.3, -0.25) is 4.79 Å². The lowest BCUT2D eigenvalue weighted by atomic mass is 10.1. The fourth-order valence-corrected chi connectivity index (χ4v) is 2.54. The van der Waals surface area contributed by atoms with Gasteiger partial charge in [0.25, 0.3) is 0 Å². The first-order valence-electron chi connectivity index (χ1n) is 7.70.